The number of benzene rings is 3. The zero-order valence-corrected chi connectivity index (χ0v) is 17.1. The third-order valence-corrected chi connectivity index (χ3v) is 4.66. The van der Waals surface area contributed by atoms with Crippen molar-refractivity contribution in [2.75, 3.05) is 26.6 Å². The monoisotopic (exact) mass is 422 g/mol. The second-order valence-corrected chi connectivity index (χ2v) is 6.58. The topological polar surface area (TPSA) is 82.8 Å². The number of hydrogen-bond donors (Lipinski definition) is 1. The number of fused-ring (bicyclic) bond motifs is 1. The van der Waals surface area contributed by atoms with Gasteiger partial charge in [-0.1, -0.05) is 0 Å². The van der Waals surface area contributed by atoms with Gasteiger partial charge >= 0.3 is 0 Å². The lowest BCUT2D eigenvalue weighted by atomic mass is 10.2. The van der Waals surface area contributed by atoms with Gasteiger partial charge in [0.25, 0.3) is 5.91 Å². The van der Waals surface area contributed by atoms with E-state index in [1.54, 1.807) is 30.3 Å². The summed E-state index contributed by atoms with van der Waals surface area (Å²) >= 11 is 0. The molecule has 31 heavy (non-hydrogen) atoms. The number of hydrogen-bond acceptors (Lipinski definition) is 6. The van der Waals surface area contributed by atoms with Gasteiger partial charge in [0.2, 0.25) is 11.6 Å². The van der Waals surface area contributed by atoms with E-state index in [4.69, 9.17) is 18.6 Å². The van der Waals surface area contributed by atoms with Crippen molar-refractivity contribution in [2.45, 2.75) is 0 Å². The number of anilines is 1. The molecule has 158 valence electrons. The normalized spacial score (nSPS) is 10.7. The molecule has 8 heteroatoms. The van der Waals surface area contributed by atoms with Crippen LogP contribution in [0.1, 0.15) is 10.4 Å². The number of nitrogens with one attached hydrogen (secondary N) is 1. The maximum atomic E-state index is 13.1. The molecule has 0 bridgehead atoms. The van der Waals surface area contributed by atoms with E-state index >= 15 is 0 Å². The molecular formula is C23H19FN2O5. The summed E-state index contributed by atoms with van der Waals surface area (Å²) < 4.78 is 35.0. The highest BCUT2D eigenvalue weighted by Gasteiger charge is 2.17. The van der Waals surface area contributed by atoms with Crippen LogP contribution in [0.15, 0.2) is 59.0 Å². The maximum absolute atomic E-state index is 13.1. The molecule has 1 heterocycles. The number of methoxy groups -OCH3 is 3. The van der Waals surface area contributed by atoms with E-state index in [1.807, 2.05) is 0 Å². The zero-order valence-electron chi connectivity index (χ0n) is 17.1. The summed E-state index contributed by atoms with van der Waals surface area (Å²) in [6.45, 7) is 0. The van der Waals surface area contributed by atoms with Crippen molar-refractivity contribution in [3.8, 4) is 28.7 Å². The van der Waals surface area contributed by atoms with Crippen LogP contribution in [0.4, 0.5) is 10.1 Å². The van der Waals surface area contributed by atoms with Crippen LogP contribution < -0.4 is 19.5 Å². The Morgan fingerprint density at radius 2 is 1.61 bits per heavy atom. The van der Waals surface area contributed by atoms with Gasteiger partial charge in [0.15, 0.2) is 17.1 Å². The summed E-state index contributed by atoms with van der Waals surface area (Å²) in [6.07, 6.45) is 0. The molecule has 1 aromatic heterocycles. The molecule has 0 saturated heterocycles. The van der Waals surface area contributed by atoms with Gasteiger partial charge in [-0.3, -0.25) is 4.79 Å². The standard InChI is InChI=1S/C23H19FN2O5/c1-28-19-10-14(11-20(29-2)21(19)30-3)23-26-17-12-16(8-9-18(17)31-23)25-22(27)13-4-6-15(24)7-5-13/h4-12H,1-3H3,(H,25,27). The average molecular weight is 422 g/mol. The van der Waals surface area contributed by atoms with E-state index in [-0.39, 0.29) is 5.91 Å². The summed E-state index contributed by atoms with van der Waals surface area (Å²) in [5.74, 6) is 1.03. The number of nitrogens with zero attached hydrogens (tertiary/aromatic N) is 1. The molecule has 0 aliphatic rings. The Balaban J connectivity index is 1.65. The zero-order chi connectivity index (χ0) is 22.0. The molecule has 0 atom stereocenters. The van der Waals surface area contributed by atoms with Gasteiger partial charge in [0, 0.05) is 16.8 Å². The van der Waals surface area contributed by atoms with Crippen molar-refractivity contribution in [3.05, 3.63) is 66.0 Å². The SMILES string of the molecule is COc1cc(-c2nc3cc(NC(=O)c4ccc(F)cc4)ccc3o2)cc(OC)c1OC. The third-order valence-electron chi connectivity index (χ3n) is 4.66. The second-order valence-electron chi connectivity index (χ2n) is 6.58. The Morgan fingerprint density at radius 1 is 0.935 bits per heavy atom. The fourth-order valence-corrected chi connectivity index (χ4v) is 3.14. The van der Waals surface area contributed by atoms with Crippen LogP contribution >= 0.6 is 0 Å². The average Bonchev–Trinajstić information content (AvgIpc) is 3.21. The number of halogens is 1. The summed E-state index contributed by atoms with van der Waals surface area (Å²) in [7, 11) is 4.59. The molecule has 0 radical (unpaired) electrons. The highest BCUT2D eigenvalue weighted by molar-refractivity contribution is 6.04. The van der Waals surface area contributed by atoms with Gasteiger partial charge in [0.1, 0.15) is 11.3 Å². The van der Waals surface area contributed by atoms with E-state index < -0.39 is 5.82 Å². The predicted molar refractivity (Wildman–Crippen MR) is 113 cm³/mol. The van der Waals surface area contributed by atoms with Crippen LogP contribution in [0.25, 0.3) is 22.6 Å². The van der Waals surface area contributed by atoms with E-state index in [9.17, 15) is 9.18 Å². The van der Waals surface area contributed by atoms with Crippen molar-refractivity contribution in [1.29, 1.82) is 0 Å². The molecule has 0 fully saturated rings. The quantitative estimate of drug-likeness (QED) is 0.475. The number of carbonyl (C=O) groups excluding carboxylic acids is 1. The first-order valence-corrected chi connectivity index (χ1v) is 9.30. The minimum atomic E-state index is -0.403. The van der Waals surface area contributed by atoms with Gasteiger partial charge in [-0.2, -0.15) is 0 Å². The highest BCUT2D eigenvalue weighted by atomic mass is 19.1. The van der Waals surface area contributed by atoms with E-state index in [0.29, 0.717) is 51.1 Å². The van der Waals surface area contributed by atoms with Crippen molar-refractivity contribution < 1.29 is 27.8 Å². The number of rotatable bonds is 6. The fourth-order valence-electron chi connectivity index (χ4n) is 3.14. The fraction of sp³-hybridized carbons (Fsp3) is 0.130. The predicted octanol–water partition coefficient (Wildman–Crippen LogP) is 4.91. The number of amides is 1. The molecule has 1 N–H and O–H groups in total. The Kier molecular flexibility index (Phi) is 5.44. The highest BCUT2D eigenvalue weighted by Crippen LogP contribution is 2.41. The molecule has 0 aliphatic heterocycles. The van der Waals surface area contributed by atoms with Crippen molar-refractivity contribution in [1.82, 2.24) is 4.98 Å². The number of aromatic nitrogens is 1. The molecular weight excluding hydrogens is 403 g/mol. The number of ether oxygens (including phenoxy) is 3. The molecule has 0 spiro atoms. The molecule has 3 aromatic carbocycles. The largest absolute Gasteiger partial charge is 0.493 e. The summed E-state index contributed by atoms with van der Waals surface area (Å²) in [4.78, 5) is 16.9. The molecule has 7 nitrogen and oxygen atoms in total. The van der Waals surface area contributed by atoms with Crippen LogP contribution in [0, 0.1) is 5.82 Å². The lowest BCUT2D eigenvalue weighted by Gasteiger charge is -2.12. The minimum absolute atomic E-state index is 0.347. The van der Waals surface area contributed by atoms with E-state index in [1.165, 1.54) is 45.6 Å². The van der Waals surface area contributed by atoms with Crippen molar-refractivity contribution in [3.63, 3.8) is 0 Å². The van der Waals surface area contributed by atoms with Crippen LogP contribution in [0.3, 0.4) is 0 Å². The summed E-state index contributed by atoms with van der Waals surface area (Å²) in [5, 5.41) is 2.77. The van der Waals surface area contributed by atoms with Gasteiger partial charge in [-0.05, 0) is 54.6 Å². The second kappa shape index (κ2) is 8.35. The lowest BCUT2D eigenvalue weighted by molar-refractivity contribution is 0.102. The lowest BCUT2D eigenvalue weighted by Crippen LogP contribution is -2.11. The van der Waals surface area contributed by atoms with Gasteiger partial charge in [-0.15, -0.1) is 0 Å². The first-order chi connectivity index (χ1) is 15.0. The number of carbonyl (C=O) groups is 1. The van der Waals surface area contributed by atoms with E-state index in [0.717, 1.165) is 0 Å². The maximum Gasteiger partial charge on any atom is 0.255 e. The van der Waals surface area contributed by atoms with E-state index in [2.05, 4.69) is 10.3 Å². The third kappa shape index (κ3) is 4.00. The van der Waals surface area contributed by atoms with Crippen LogP contribution in [0.2, 0.25) is 0 Å². The Labute approximate surface area is 177 Å². The molecule has 4 rings (SSSR count). The van der Waals surface area contributed by atoms with Gasteiger partial charge in [0.05, 0.1) is 21.3 Å². The van der Waals surface area contributed by atoms with Gasteiger partial charge in [-0.25, -0.2) is 9.37 Å². The molecule has 1 amide bonds. The summed E-state index contributed by atoms with van der Waals surface area (Å²) in [6, 6.07) is 13.9. The summed E-state index contributed by atoms with van der Waals surface area (Å²) in [5.41, 5.74) is 2.62. The number of oxazole rings is 1. The molecule has 4 aromatic rings. The van der Waals surface area contributed by atoms with Crippen molar-refractivity contribution in [2.24, 2.45) is 0 Å². The smallest absolute Gasteiger partial charge is 0.255 e. The Morgan fingerprint density at radius 3 is 2.23 bits per heavy atom. The van der Waals surface area contributed by atoms with Gasteiger partial charge < -0.3 is 23.9 Å². The minimum Gasteiger partial charge on any atom is -0.493 e. The Bertz CT molecular complexity index is 1230. The molecule has 0 aliphatic carbocycles. The molecule has 0 saturated carbocycles. The Hall–Kier alpha value is -4.07. The van der Waals surface area contributed by atoms with Crippen LogP contribution in [-0.4, -0.2) is 32.2 Å². The first-order valence-electron chi connectivity index (χ1n) is 9.30. The van der Waals surface area contributed by atoms with Crippen LogP contribution in [-0.2, 0) is 0 Å². The first kappa shape index (κ1) is 20.2. The van der Waals surface area contributed by atoms with Crippen LogP contribution in [0.5, 0.6) is 17.2 Å². The van der Waals surface area contributed by atoms with Crippen molar-refractivity contribution >= 4 is 22.7 Å². The molecule has 0 unspecified atom stereocenters.